The number of carbonyl (C=O) groups is 1. The van der Waals surface area contributed by atoms with Crippen LogP contribution in [0.3, 0.4) is 0 Å². The van der Waals surface area contributed by atoms with E-state index in [-0.39, 0.29) is 23.5 Å². The predicted molar refractivity (Wildman–Crippen MR) is 52.7 cm³/mol. The molecule has 4 heteroatoms. The summed E-state index contributed by atoms with van der Waals surface area (Å²) < 4.78 is 5.29. The fourth-order valence-electron chi connectivity index (χ4n) is 2.17. The lowest BCUT2D eigenvalue weighted by atomic mass is 9.78. The van der Waals surface area contributed by atoms with E-state index in [1.54, 1.807) is 7.11 Å². The second-order valence-electron chi connectivity index (χ2n) is 4.78. The van der Waals surface area contributed by atoms with Crippen LogP contribution in [0, 0.1) is 5.92 Å². The SMILES string of the molecule is COC1(C)CN(C(=O)C2CC(N)C2)C1. The molecule has 0 aromatic rings. The van der Waals surface area contributed by atoms with Crippen molar-refractivity contribution in [3.8, 4) is 0 Å². The minimum Gasteiger partial charge on any atom is -0.375 e. The van der Waals surface area contributed by atoms with E-state index in [0.717, 1.165) is 25.9 Å². The molecule has 14 heavy (non-hydrogen) atoms. The Hall–Kier alpha value is -0.610. The Balaban J connectivity index is 1.79. The minimum absolute atomic E-state index is 0.110. The third-order valence-corrected chi connectivity index (χ3v) is 3.38. The van der Waals surface area contributed by atoms with Gasteiger partial charge in [-0.15, -0.1) is 0 Å². The summed E-state index contributed by atoms with van der Waals surface area (Å²) in [5, 5.41) is 0. The molecule has 0 unspecified atom stereocenters. The maximum absolute atomic E-state index is 11.8. The van der Waals surface area contributed by atoms with Crippen LogP contribution in [0.2, 0.25) is 0 Å². The van der Waals surface area contributed by atoms with Crippen LogP contribution in [0.1, 0.15) is 19.8 Å². The summed E-state index contributed by atoms with van der Waals surface area (Å²) in [7, 11) is 1.70. The van der Waals surface area contributed by atoms with E-state index >= 15 is 0 Å². The van der Waals surface area contributed by atoms with Crippen LogP contribution in [0.5, 0.6) is 0 Å². The quantitative estimate of drug-likeness (QED) is 0.678. The first kappa shape index (κ1) is 9.93. The van der Waals surface area contributed by atoms with Gasteiger partial charge in [-0.3, -0.25) is 4.79 Å². The average Bonchev–Trinajstić information content (AvgIpc) is 2.06. The van der Waals surface area contributed by atoms with Crippen LogP contribution in [-0.2, 0) is 9.53 Å². The fraction of sp³-hybridized carbons (Fsp3) is 0.900. The van der Waals surface area contributed by atoms with Crippen molar-refractivity contribution < 1.29 is 9.53 Å². The lowest BCUT2D eigenvalue weighted by Crippen LogP contribution is -2.64. The van der Waals surface area contributed by atoms with Crippen LogP contribution in [0.4, 0.5) is 0 Å². The van der Waals surface area contributed by atoms with E-state index in [0.29, 0.717) is 0 Å². The molecule has 2 aliphatic rings. The number of amides is 1. The summed E-state index contributed by atoms with van der Waals surface area (Å²) in [6, 6.07) is 0.249. The Kier molecular flexibility index (Phi) is 2.27. The lowest BCUT2D eigenvalue weighted by molar-refractivity contribution is -0.164. The highest BCUT2D eigenvalue weighted by molar-refractivity contribution is 5.81. The van der Waals surface area contributed by atoms with Crippen molar-refractivity contribution in [2.45, 2.75) is 31.4 Å². The lowest BCUT2D eigenvalue weighted by Gasteiger charge is -2.49. The zero-order valence-corrected chi connectivity index (χ0v) is 8.82. The van der Waals surface area contributed by atoms with Crippen molar-refractivity contribution in [1.29, 1.82) is 0 Å². The number of carbonyl (C=O) groups excluding carboxylic acids is 1. The zero-order chi connectivity index (χ0) is 10.3. The van der Waals surface area contributed by atoms with Gasteiger partial charge in [-0.25, -0.2) is 0 Å². The number of methoxy groups -OCH3 is 1. The number of ether oxygens (including phenoxy) is 1. The van der Waals surface area contributed by atoms with Crippen molar-refractivity contribution in [1.82, 2.24) is 4.90 Å². The topological polar surface area (TPSA) is 55.6 Å². The smallest absolute Gasteiger partial charge is 0.226 e. The van der Waals surface area contributed by atoms with Gasteiger partial charge >= 0.3 is 0 Å². The first-order chi connectivity index (χ1) is 6.54. The highest BCUT2D eigenvalue weighted by atomic mass is 16.5. The van der Waals surface area contributed by atoms with E-state index < -0.39 is 0 Å². The van der Waals surface area contributed by atoms with Crippen molar-refractivity contribution in [2.75, 3.05) is 20.2 Å². The average molecular weight is 198 g/mol. The zero-order valence-electron chi connectivity index (χ0n) is 8.82. The molecule has 4 nitrogen and oxygen atoms in total. The Morgan fingerprint density at radius 1 is 1.50 bits per heavy atom. The summed E-state index contributed by atoms with van der Waals surface area (Å²) in [4.78, 5) is 13.6. The fourth-order valence-corrected chi connectivity index (χ4v) is 2.17. The molecule has 1 saturated carbocycles. The highest BCUT2D eigenvalue weighted by Crippen LogP contribution is 2.32. The molecular weight excluding hydrogens is 180 g/mol. The molecule has 0 aromatic heterocycles. The van der Waals surface area contributed by atoms with Crippen molar-refractivity contribution in [2.24, 2.45) is 11.7 Å². The monoisotopic (exact) mass is 198 g/mol. The third kappa shape index (κ3) is 1.53. The summed E-state index contributed by atoms with van der Waals surface area (Å²) in [5.41, 5.74) is 5.54. The number of hydrogen-bond donors (Lipinski definition) is 1. The Bertz CT molecular complexity index is 243. The van der Waals surface area contributed by atoms with E-state index in [9.17, 15) is 4.79 Å². The summed E-state index contributed by atoms with van der Waals surface area (Å²) >= 11 is 0. The Morgan fingerprint density at radius 3 is 2.50 bits per heavy atom. The Labute approximate surface area is 84.4 Å². The maximum Gasteiger partial charge on any atom is 0.226 e. The van der Waals surface area contributed by atoms with E-state index in [4.69, 9.17) is 10.5 Å². The first-order valence-electron chi connectivity index (χ1n) is 5.13. The van der Waals surface area contributed by atoms with Gasteiger partial charge < -0.3 is 15.4 Å². The molecule has 80 valence electrons. The minimum atomic E-state index is -0.110. The molecule has 2 N–H and O–H groups in total. The number of likely N-dealkylation sites (tertiary alicyclic amines) is 1. The molecule has 1 aliphatic heterocycles. The van der Waals surface area contributed by atoms with Gasteiger partial charge in [0.1, 0.15) is 0 Å². The van der Waals surface area contributed by atoms with Gasteiger partial charge in [-0.1, -0.05) is 0 Å². The molecule has 2 fully saturated rings. The van der Waals surface area contributed by atoms with Crippen molar-refractivity contribution >= 4 is 5.91 Å². The van der Waals surface area contributed by atoms with Crippen LogP contribution >= 0.6 is 0 Å². The molecule has 0 bridgehead atoms. The summed E-state index contributed by atoms with van der Waals surface area (Å²) in [6.07, 6.45) is 1.72. The van der Waals surface area contributed by atoms with Gasteiger partial charge in [0.15, 0.2) is 0 Å². The molecule has 1 saturated heterocycles. The molecule has 2 rings (SSSR count). The van der Waals surface area contributed by atoms with Gasteiger partial charge in [-0.2, -0.15) is 0 Å². The second kappa shape index (κ2) is 3.21. The van der Waals surface area contributed by atoms with Crippen LogP contribution in [0.25, 0.3) is 0 Å². The number of nitrogens with two attached hydrogens (primary N) is 1. The standard InChI is InChI=1S/C10H18N2O2/c1-10(14-2)5-12(6-10)9(13)7-3-8(11)4-7/h7-8H,3-6,11H2,1-2H3. The van der Waals surface area contributed by atoms with E-state index in [1.165, 1.54) is 0 Å². The van der Waals surface area contributed by atoms with Gasteiger partial charge in [0.05, 0.1) is 18.7 Å². The number of rotatable bonds is 2. The molecule has 1 amide bonds. The molecule has 1 aliphatic carbocycles. The second-order valence-corrected chi connectivity index (χ2v) is 4.78. The summed E-state index contributed by atoms with van der Waals surface area (Å²) in [6.45, 7) is 3.49. The van der Waals surface area contributed by atoms with Crippen molar-refractivity contribution in [3.63, 3.8) is 0 Å². The molecule has 0 spiro atoms. The molecule has 0 radical (unpaired) electrons. The number of hydrogen-bond acceptors (Lipinski definition) is 3. The summed E-state index contributed by atoms with van der Waals surface area (Å²) in [5.74, 6) is 0.452. The van der Waals surface area contributed by atoms with E-state index in [2.05, 4.69) is 0 Å². The highest BCUT2D eigenvalue weighted by Gasteiger charge is 2.45. The van der Waals surface area contributed by atoms with Gasteiger partial charge in [0.2, 0.25) is 5.91 Å². The molecule has 0 aromatic carbocycles. The largest absolute Gasteiger partial charge is 0.375 e. The number of nitrogens with zero attached hydrogens (tertiary/aromatic N) is 1. The van der Waals surface area contributed by atoms with Gasteiger partial charge in [0.25, 0.3) is 0 Å². The predicted octanol–water partition coefficient (Wildman–Crippen LogP) is -0.0290. The van der Waals surface area contributed by atoms with E-state index in [1.807, 2.05) is 11.8 Å². The first-order valence-corrected chi connectivity index (χ1v) is 5.13. The Morgan fingerprint density at radius 2 is 2.07 bits per heavy atom. The van der Waals surface area contributed by atoms with Crippen molar-refractivity contribution in [3.05, 3.63) is 0 Å². The molecule has 0 atom stereocenters. The third-order valence-electron chi connectivity index (χ3n) is 3.38. The van der Waals surface area contributed by atoms with Gasteiger partial charge in [-0.05, 0) is 19.8 Å². The molecular formula is C10H18N2O2. The molecule has 1 heterocycles. The van der Waals surface area contributed by atoms with Crippen LogP contribution in [0.15, 0.2) is 0 Å². The normalized spacial score (nSPS) is 34.6. The van der Waals surface area contributed by atoms with Crippen LogP contribution in [-0.4, -0.2) is 42.6 Å². The van der Waals surface area contributed by atoms with Gasteiger partial charge in [0, 0.05) is 19.1 Å². The van der Waals surface area contributed by atoms with Crippen LogP contribution < -0.4 is 5.73 Å². The maximum atomic E-state index is 11.8.